The van der Waals surface area contributed by atoms with E-state index in [1.54, 1.807) is 25.1 Å². The number of unbranched alkanes of at least 4 members (excludes halogenated alkanes) is 3. The van der Waals surface area contributed by atoms with E-state index >= 15 is 0 Å². The maximum Gasteiger partial charge on any atom is 0.347 e. The molecule has 2 aromatic heterocycles. The summed E-state index contributed by atoms with van der Waals surface area (Å²) in [6.45, 7) is 5.71. The van der Waals surface area contributed by atoms with Crippen LogP contribution in [0.5, 0.6) is 0 Å². The molecule has 5 nitrogen and oxygen atoms in total. The fourth-order valence-electron chi connectivity index (χ4n) is 3.44. The van der Waals surface area contributed by atoms with E-state index in [-0.39, 0.29) is 23.4 Å². The molecule has 0 bridgehead atoms. The van der Waals surface area contributed by atoms with E-state index in [0.29, 0.717) is 28.3 Å². The third-order valence-electron chi connectivity index (χ3n) is 4.96. The van der Waals surface area contributed by atoms with Crippen LogP contribution in [0.15, 0.2) is 33.5 Å². The van der Waals surface area contributed by atoms with Gasteiger partial charge in [-0.15, -0.1) is 0 Å². The molecular weight excluding hydrogens is 373 g/mol. The molecule has 1 unspecified atom stereocenters. The summed E-state index contributed by atoms with van der Waals surface area (Å²) in [7, 11) is 0. The molecular formula is C23H26FNO4. The van der Waals surface area contributed by atoms with Crippen LogP contribution in [-0.4, -0.2) is 17.6 Å². The van der Waals surface area contributed by atoms with Crippen molar-refractivity contribution < 1.29 is 18.3 Å². The predicted octanol–water partition coefficient (Wildman–Crippen LogP) is 5.35. The number of aryl methyl sites for hydroxylation is 2. The van der Waals surface area contributed by atoms with Gasteiger partial charge in [0, 0.05) is 0 Å². The highest BCUT2D eigenvalue weighted by molar-refractivity contribution is 5.89. The predicted molar refractivity (Wildman–Crippen MR) is 111 cm³/mol. The molecule has 1 aromatic carbocycles. The van der Waals surface area contributed by atoms with Gasteiger partial charge < -0.3 is 9.15 Å². The molecule has 0 saturated carbocycles. The average molecular weight is 399 g/mol. The second-order valence-corrected chi connectivity index (χ2v) is 7.24. The Morgan fingerprint density at radius 3 is 2.69 bits per heavy atom. The summed E-state index contributed by atoms with van der Waals surface area (Å²) in [5.74, 6) is -0.979. The first-order valence-corrected chi connectivity index (χ1v) is 10.1. The van der Waals surface area contributed by atoms with Crippen molar-refractivity contribution in [3.8, 4) is 0 Å². The zero-order chi connectivity index (χ0) is 21.0. The van der Waals surface area contributed by atoms with Gasteiger partial charge in [0.1, 0.15) is 5.58 Å². The van der Waals surface area contributed by atoms with Gasteiger partial charge in [0.2, 0.25) is 17.3 Å². The molecule has 0 amide bonds. The smallest absolute Gasteiger partial charge is 0.347 e. The number of ether oxygens (including phenoxy) is 1. The number of aromatic nitrogens is 1. The van der Waals surface area contributed by atoms with Crippen molar-refractivity contribution in [1.82, 2.24) is 4.98 Å². The van der Waals surface area contributed by atoms with Crippen LogP contribution >= 0.6 is 0 Å². The molecule has 29 heavy (non-hydrogen) atoms. The first-order valence-electron chi connectivity index (χ1n) is 10.1. The highest BCUT2D eigenvalue weighted by atomic mass is 19.1. The quantitative estimate of drug-likeness (QED) is 0.290. The standard InChI is InChI=1S/C23H26FNO4/c1-4-6-7-8-9-15-13-17-21(26)16-12-14(3)10-11-18(16)29-22(17)25-20(15)19(24)23(27)28-5-2/h10-13,19H,4-9H2,1-3H3. The van der Waals surface area contributed by atoms with Gasteiger partial charge in [0.15, 0.2) is 0 Å². The molecule has 0 aliphatic heterocycles. The molecule has 6 heteroatoms. The number of esters is 1. The Labute approximate surface area is 168 Å². The zero-order valence-electron chi connectivity index (χ0n) is 17.1. The first kappa shape index (κ1) is 21.0. The van der Waals surface area contributed by atoms with Crippen molar-refractivity contribution in [2.45, 2.75) is 59.0 Å². The van der Waals surface area contributed by atoms with Crippen molar-refractivity contribution in [2.75, 3.05) is 6.61 Å². The lowest BCUT2D eigenvalue weighted by atomic mass is 10.0. The number of fused-ring (bicyclic) bond motifs is 2. The number of carbonyl (C=O) groups is 1. The van der Waals surface area contributed by atoms with Crippen LogP contribution in [0.4, 0.5) is 4.39 Å². The zero-order valence-corrected chi connectivity index (χ0v) is 17.1. The van der Waals surface area contributed by atoms with E-state index in [4.69, 9.17) is 9.15 Å². The summed E-state index contributed by atoms with van der Waals surface area (Å²) in [5, 5.41) is 0.763. The topological polar surface area (TPSA) is 69.4 Å². The summed E-state index contributed by atoms with van der Waals surface area (Å²) in [5.41, 5.74) is 1.68. The van der Waals surface area contributed by atoms with Crippen LogP contribution in [0.3, 0.4) is 0 Å². The van der Waals surface area contributed by atoms with Crippen LogP contribution in [0, 0.1) is 6.92 Å². The number of hydrogen-bond donors (Lipinski definition) is 0. The van der Waals surface area contributed by atoms with Gasteiger partial charge in [-0.1, -0.05) is 37.8 Å². The Hall–Kier alpha value is -2.76. The lowest BCUT2D eigenvalue weighted by Gasteiger charge is -2.13. The molecule has 154 valence electrons. The Morgan fingerprint density at radius 2 is 1.97 bits per heavy atom. The molecule has 1 atom stereocenters. The normalized spacial score (nSPS) is 12.4. The molecule has 0 fully saturated rings. The molecule has 0 radical (unpaired) electrons. The van der Waals surface area contributed by atoms with Crippen LogP contribution in [-0.2, 0) is 16.0 Å². The van der Waals surface area contributed by atoms with E-state index in [1.165, 1.54) is 0 Å². The van der Waals surface area contributed by atoms with E-state index in [9.17, 15) is 14.0 Å². The maximum atomic E-state index is 14.9. The monoisotopic (exact) mass is 399 g/mol. The Morgan fingerprint density at radius 1 is 1.17 bits per heavy atom. The molecule has 0 N–H and O–H groups in total. The number of carbonyl (C=O) groups excluding carboxylic acids is 1. The molecule has 0 aliphatic carbocycles. The van der Waals surface area contributed by atoms with Crippen molar-refractivity contribution in [1.29, 1.82) is 0 Å². The molecule has 0 spiro atoms. The number of hydrogen-bond acceptors (Lipinski definition) is 5. The molecule has 3 aromatic rings. The fraction of sp³-hybridized carbons (Fsp3) is 0.435. The van der Waals surface area contributed by atoms with Gasteiger partial charge in [0.25, 0.3) is 0 Å². The van der Waals surface area contributed by atoms with Crippen molar-refractivity contribution in [3.05, 3.63) is 51.3 Å². The number of halogens is 1. The number of pyridine rings is 1. The van der Waals surface area contributed by atoms with Crippen LogP contribution in [0.25, 0.3) is 22.1 Å². The largest absolute Gasteiger partial charge is 0.464 e. The van der Waals surface area contributed by atoms with Gasteiger partial charge in [-0.2, -0.15) is 0 Å². The average Bonchev–Trinajstić information content (AvgIpc) is 2.71. The second kappa shape index (κ2) is 9.16. The minimum absolute atomic E-state index is 0.0259. The van der Waals surface area contributed by atoms with E-state index in [0.717, 1.165) is 31.2 Å². The number of benzene rings is 1. The summed E-state index contributed by atoms with van der Waals surface area (Å²) in [6.07, 6.45) is 2.46. The first-order chi connectivity index (χ1) is 14.0. The van der Waals surface area contributed by atoms with Crippen LogP contribution in [0.1, 0.15) is 62.5 Å². The molecule has 3 rings (SSSR count). The second-order valence-electron chi connectivity index (χ2n) is 7.24. The highest BCUT2D eigenvalue weighted by Gasteiger charge is 2.27. The summed E-state index contributed by atoms with van der Waals surface area (Å²) >= 11 is 0. The van der Waals surface area contributed by atoms with Gasteiger partial charge in [-0.25, -0.2) is 14.2 Å². The Kier molecular flexibility index (Phi) is 6.62. The SMILES string of the molecule is CCCCCCc1cc2c(=O)c3cc(C)ccc3oc2nc1C(F)C(=O)OCC. The van der Waals surface area contributed by atoms with Crippen molar-refractivity contribution in [3.63, 3.8) is 0 Å². The highest BCUT2D eigenvalue weighted by Crippen LogP contribution is 2.27. The van der Waals surface area contributed by atoms with E-state index in [2.05, 4.69) is 11.9 Å². The minimum atomic E-state index is -2.01. The number of rotatable bonds is 8. The maximum absolute atomic E-state index is 14.9. The Bertz CT molecular complexity index is 1090. The minimum Gasteiger partial charge on any atom is -0.464 e. The lowest BCUT2D eigenvalue weighted by molar-refractivity contribution is -0.149. The third kappa shape index (κ3) is 4.47. The third-order valence-corrected chi connectivity index (χ3v) is 4.96. The van der Waals surface area contributed by atoms with Gasteiger partial charge in [-0.3, -0.25) is 4.79 Å². The molecule has 2 heterocycles. The van der Waals surface area contributed by atoms with E-state index < -0.39 is 12.1 Å². The van der Waals surface area contributed by atoms with Gasteiger partial charge >= 0.3 is 5.97 Å². The molecule has 0 aliphatic rings. The fourth-order valence-corrected chi connectivity index (χ4v) is 3.44. The van der Waals surface area contributed by atoms with Crippen molar-refractivity contribution >= 4 is 28.0 Å². The van der Waals surface area contributed by atoms with Gasteiger partial charge in [0.05, 0.1) is 23.1 Å². The lowest BCUT2D eigenvalue weighted by Crippen LogP contribution is -2.16. The number of nitrogens with zero attached hydrogens (tertiary/aromatic N) is 1. The summed E-state index contributed by atoms with van der Waals surface area (Å²) in [6, 6.07) is 6.93. The Balaban J connectivity index is 2.15. The summed E-state index contributed by atoms with van der Waals surface area (Å²) < 4.78 is 25.5. The van der Waals surface area contributed by atoms with Crippen LogP contribution in [0.2, 0.25) is 0 Å². The van der Waals surface area contributed by atoms with Crippen molar-refractivity contribution in [2.24, 2.45) is 0 Å². The summed E-state index contributed by atoms with van der Waals surface area (Å²) in [4.78, 5) is 29.3. The van der Waals surface area contributed by atoms with Crippen LogP contribution < -0.4 is 5.43 Å². The number of alkyl halides is 1. The van der Waals surface area contributed by atoms with Gasteiger partial charge in [-0.05, 0) is 50.5 Å². The van der Waals surface area contributed by atoms with E-state index in [1.807, 2.05) is 13.0 Å². The molecule has 0 saturated heterocycles.